The molecule has 6 heteroatoms. The molecule has 2 aliphatic heterocycles. The summed E-state index contributed by atoms with van der Waals surface area (Å²) in [7, 11) is 0. The molecule has 1 unspecified atom stereocenters. The lowest BCUT2D eigenvalue weighted by Gasteiger charge is -2.23. The zero-order valence-corrected chi connectivity index (χ0v) is 17.2. The van der Waals surface area contributed by atoms with E-state index in [1.807, 2.05) is 12.1 Å². The molecule has 0 aliphatic carbocycles. The van der Waals surface area contributed by atoms with Gasteiger partial charge in [0.25, 0.3) is 0 Å². The topological polar surface area (TPSA) is 58.4 Å². The molecular formula is C22H31N3O3. The lowest BCUT2D eigenvalue weighted by molar-refractivity contribution is 0.0819. The molecule has 3 heterocycles. The number of rotatable bonds is 5. The number of hydrogen-bond donors (Lipinski definition) is 0. The van der Waals surface area contributed by atoms with Gasteiger partial charge in [0.1, 0.15) is 18.2 Å². The van der Waals surface area contributed by atoms with E-state index < -0.39 is 0 Å². The van der Waals surface area contributed by atoms with E-state index >= 15 is 0 Å². The Morgan fingerprint density at radius 1 is 1.04 bits per heavy atom. The fraction of sp³-hybridized carbons (Fsp3) is 0.636. The van der Waals surface area contributed by atoms with Gasteiger partial charge in [-0.15, -0.1) is 0 Å². The Morgan fingerprint density at radius 3 is 2.39 bits per heavy atom. The second-order valence-corrected chi connectivity index (χ2v) is 8.80. The third kappa shape index (κ3) is 4.39. The van der Waals surface area contributed by atoms with Crippen molar-refractivity contribution in [2.75, 3.05) is 26.4 Å². The summed E-state index contributed by atoms with van der Waals surface area (Å²) in [6, 6.07) is 8.60. The summed E-state index contributed by atoms with van der Waals surface area (Å²) in [4.78, 5) is 4.87. The Bertz CT molecular complexity index is 767. The van der Waals surface area contributed by atoms with Crippen molar-refractivity contribution in [3.8, 4) is 5.75 Å². The van der Waals surface area contributed by atoms with Crippen molar-refractivity contribution in [3.05, 3.63) is 41.5 Å². The van der Waals surface area contributed by atoms with Gasteiger partial charge in [-0.05, 0) is 42.4 Å². The molecular weight excluding hydrogens is 354 g/mol. The minimum absolute atomic E-state index is 0.140. The van der Waals surface area contributed by atoms with E-state index in [2.05, 4.69) is 37.6 Å². The normalized spacial score (nSPS) is 21.2. The predicted octanol–water partition coefficient (Wildman–Crippen LogP) is 4.01. The lowest BCUT2D eigenvalue weighted by Crippen LogP contribution is -2.21. The summed E-state index contributed by atoms with van der Waals surface area (Å²) in [6.45, 7) is 10.1. The Morgan fingerprint density at radius 2 is 1.75 bits per heavy atom. The molecule has 0 radical (unpaired) electrons. The highest BCUT2D eigenvalue weighted by Gasteiger charge is 2.28. The molecule has 1 atom stereocenters. The molecule has 152 valence electrons. The van der Waals surface area contributed by atoms with Gasteiger partial charge < -0.3 is 14.2 Å². The number of hydrogen-bond acceptors (Lipinski definition) is 5. The Kier molecular flexibility index (Phi) is 5.69. The minimum atomic E-state index is 0.140. The van der Waals surface area contributed by atoms with Crippen molar-refractivity contribution >= 4 is 0 Å². The maximum absolute atomic E-state index is 5.98. The molecule has 1 aromatic carbocycles. The van der Waals surface area contributed by atoms with Crippen LogP contribution in [0.3, 0.4) is 0 Å². The smallest absolute Gasteiger partial charge is 0.188 e. The summed E-state index contributed by atoms with van der Waals surface area (Å²) in [6.07, 6.45) is 3.00. The van der Waals surface area contributed by atoms with Gasteiger partial charge in [0.15, 0.2) is 5.82 Å². The summed E-state index contributed by atoms with van der Waals surface area (Å²) in [5.41, 5.74) is 1.44. The number of benzene rings is 1. The van der Waals surface area contributed by atoms with Crippen LogP contribution in [0.4, 0.5) is 0 Å². The first kappa shape index (κ1) is 19.4. The van der Waals surface area contributed by atoms with Crippen LogP contribution >= 0.6 is 0 Å². The van der Waals surface area contributed by atoms with Crippen LogP contribution in [0.15, 0.2) is 24.3 Å². The highest BCUT2D eigenvalue weighted by Crippen LogP contribution is 2.30. The molecule has 2 fully saturated rings. The maximum Gasteiger partial charge on any atom is 0.188 e. The highest BCUT2D eigenvalue weighted by atomic mass is 16.5. The SMILES string of the molecule is CC(C)(C)c1ccc(OCc2nc(C3CCOCC3)n(C3CCOC3)n2)cc1. The van der Waals surface area contributed by atoms with E-state index in [1.165, 1.54) is 5.56 Å². The molecule has 0 saturated carbocycles. The Hall–Kier alpha value is -1.92. The van der Waals surface area contributed by atoms with Crippen LogP contribution in [0.2, 0.25) is 0 Å². The van der Waals surface area contributed by atoms with Crippen LogP contribution < -0.4 is 4.74 Å². The predicted molar refractivity (Wildman–Crippen MR) is 107 cm³/mol. The van der Waals surface area contributed by atoms with Gasteiger partial charge >= 0.3 is 0 Å². The van der Waals surface area contributed by atoms with Crippen LogP contribution in [0.1, 0.15) is 69.2 Å². The van der Waals surface area contributed by atoms with E-state index in [1.54, 1.807) is 0 Å². The summed E-state index contributed by atoms with van der Waals surface area (Å²) in [5, 5.41) is 4.80. The van der Waals surface area contributed by atoms with Crippen LogP contribution in [-0.2, 0) is 21.5 Å². The Labute approximate surface area is 167 Å². The zero-order valence-electron chi connectivity index (χ0n) is 17.2. The number of aromatic nitrogens is 3. The van der Waals surface area contributed by atoms with Crippen LogP contribution in [-0.4, -0.2) is 41.2 Å². The molecule has 0 spiro atoms. The minimum Gasteiger partial charge on any atom is -0.486 e. The molecule has 1 aromatic heterocycles. The van der Waals surface area contributed by atoms with Gasteiger partial charge in [0, 0.05) is 25.7 Å². The standard InChI is InChI=1S/C22H31N3O3/c1-22(2,3)17-4-6-19(7-5-17)28-15-20-23-21(16-8-11-26-12-9-16)25(24-20)18-10-13-27-14-18/h4-7,16,18H,8-15H2,1-3H3. The van der Waals surface area contributed by atoms with Gasteiger partial charge in [-0.1, -0.05) is 32.9 Å². The summed E-state index contributed by atoms with van der Waals surface area (Å²) in [5.74, 6) is 3.07. The average molecular weight is 386 g/mol. The van der Waals surface area contributed by atoms with Crippen molar-refractivity contribution in [3.63, 3.8) is 0 Å². The molecule has 28 heavy (non-hydrogen) atoms. The van der Waals surface area contributed by atoms with Crippen molar-refractivity contribution < 1.29 is 14.2 Å². The largest absolute Gasteiger partial charge is 0.486 e. The number of nitrogens with zero attached hydrogens (tertiary/aromatic N) is 3. The van der Waals surface area contributed by atoms with Gasteiger partial charge in [0.2, 0.25) is 0 Å². The van der Waals surface area contributed by atoms with Gasteiger partial charge in [-0.2, -0.15) is 5.10 Å². The monoisotopic (exact) mass is 385 g/mol. The first-order valence-electron chi connectivity index (χ1n) is 10.3. The second kappa shape index (κ2) is 8.21. The van der Waals surface area contributed by atoms with Gasteiger partial charge in [-0.3, -0.25) is 0 Å². The highest BCUT2D eigenvalue weighted by molar-refractivity contribution is 5.31. The van der Waals surface area contributed by atoms with Crippen molar-refractivity contribution in [2.45, 2.75) is 64.0 Å². The van der Waals surface area contributed by atoms with Crippen LogP contribution in [0.5, 0.6) is 5.75 Å². The van der Waals surface area contributed by atoms with Gasteiger partial charge in [0.05, 0.1) is 12.6 Å². The third-order valence-corrected chi connectivity index (χ3v) is 5.63. The van der Waals surface area contributed by atoms with Crippen molar-refractivity contribution in [2.24, 2.45) is 0 Å². The molecule has 0 bridgehead atoms. The molecule has 2 saturated heterocycles. The van der Waals surface area contributed by atoms with Crippen molar-refractivity contribution in [1.29, 1.82) is 0 Å². The van der Waals surface area contributed by atoms with E-state index in [4.69, 9.17) is 24.3 Å². The first-order chi connectivity index (χ1) is 13.5. The lowest BCUT2D eigenvalue weighted by atomic mass is 9.87. The number of ether oxygens (including phenoxy) is 3. The molecule has 6 nitrogen and oxygen atoms in total. The van der Waals surface area contributed by atoms with E-state index in [9.17, 15) is 0 Å². The maximum atomic E-state index is 5.98. The van der Waals surface area contributed by atoms with Crippen molar-refractivity contribution in [1.82, 2.24) is 14.8 Å². The van der Waals surface area contributed by atoms with E-state index in [0.717, 1.165) is 56.5 Å². The first-order valence-corrected chi connectivity index (χ1v) is 10.3. The molecule has 0 N–H and O–H groups in total. The molecule has 0 amide bonds. The van der Waals surface area contributed by atoms with E-state index in [0.29, 0.717) is 19.1 Å². The average Bonchev–Trinajstić information content (AvgIpc) is 3.36. The summed E-state index contributed by atoms with van der Waals surface area (Å²) < 4.78 is 19.2. The van der Waals surface area contributed by atoms with Crippen LogP contribution in [0, 0.1) is 0 Å². The second-order valence-electron chi connectivity index (χ2n) is 8.80. The van der Waals surface area contributed by atoms with Gasteiger partial charge in [-0.25, -0.2) is 9.67 Å². The Balaban J connectivity index is 1.48. The van der Waals surface area contributed by atoms with Crippen LogP contribution in [0.25, 0.3) is 0 Å². The molecule has 2 aliphatic rings. The van der Waals surface area contributed by atoms with E-state index in [-0.39, 0.29) is 11.5 Å². The quantitative estimate of drug-likeness (QED) is 0.778. The third-order valence-electron chi connectivity index (χ3n) is 5.63. The molecule has 2 aromatic rings. The fourth-order valence-electron chi connectivity index (χ4n) is 3.86. The summed E-state index contributed by atoms with van der Waals surface area (Å²) >= 11 is 0. The fourth-order valence-corrected chi connectivity index (χ4v) is 3.86. The zero-order chi connectivity index (χ0) is 19.6. The molecule has 4 rings (SSSR count).